The zero-order chi connectivity index (χ0) is 11.3. The molecule has 84 valence electrons. The van der Waals surface area contributed by atoms with E-state index in [2.05, 4.69) is 63.3 Å². The van der Waals surface area contributed by atoms with Crippen molar-refractivity contribution >= 4 is 0 Å². The summed E-state index contributed by atoms with van der Waals surface area (Å²) in [5.41, 5.74) is 1.50. The van der Waals surface area contributed by atoms with Crippen molar-refractivity contribution in [3.8, 4) is 0 Å². The van der Waals surface area contributed by atoms with Crippen LogP contribution in [-0.4, -0.2) is 6.54 Å². The lowest BCUT2D eigenvalue weighted by molar-refractivity contribution is 0.333. The van der Waals surface area contributed by atoms with Gasteiger partial charge in [0.05, 0.1) is 0 Å². The van der Waals surface area contributed by atoms with Gasteiger partial charge in [-0.15, -0.1) is 0 Å². The number of rotatable bonds is 5. The Balaban J connectivity index is 2.76. The van der Waals surface area contributed by atoms with Gasteiger partial charge in [-0.1, -0.05) is 51.1 Å². The number of hydrogen-bond donors (Lipinski definition) is 1. The summed E-state index contributed by atoms with van der Waals surface area (Å²) in [6.07, 6.45) is 1.11. The highest BCUT2D eigenvalue weighted by Crippen LogP contribution is 2.24. The van der Waals surface area contributed by atoms with E-state index in [4.69, 9.17) is 0 Å². The van der Waals surface area contributed by atoms with Gasteiger partial charge in [-0.3, -0.25) is 0 Å². The van der Waals surface area contributed by atoms with Crippen molar-refractivity contribution in [3.05, 3.63) is 35.9 Å². The van der Waals surface area contributed by atoms with E-state index in [1.807, 2.05) is 0 Å². The highest BCUT2D eigenvalue weighted by molar-refractivity contribution is 5.23. The second kappa shape index (κ2) is 5.32. The smallest absolute Gasteiger partial charge is 0.0403 e. The first-order chi connectivity index (χ1) is 7.08. The molecule has 0 saturated carbocycles. The quantitative estimate of drug-likeness (QED) is 0.775. The normalized spacial score (nSPS) is 15.3. The molecule has 0 aliphatic rings. The molecular weight excluding hydrogens is 182 g/mol. The van der Waals surface area contributed by atoms with E-state index >= 15 is 0 Å². The molecule has 0 aromatic heterocycles. The standard InChI is InChI=1S/C14H23N/c1-5-14(4,15-11-12(2)3)13-9-7-6-8-10-13/h6-10,12,15H,5,11H2,1-4H3. The Labute approximate surface area is 93.9 Å². The summed E-state index contributed by atoms with van der Waals surface area (Å²) >= 11 is 0. The minimum Gasteiger partial charge on any atom is -0.307 e. The van der Waals surface area contributed by atoms with Crippen LogP contribution in [0.2, 0.25) is 0 Å². The summed E-state index contributed by atoms with van der Waals surface area (Å²) in [7, 11) is 0. The topological polar surface area (TPSA) is 12.0 Å². The highest BCUT2D eigenvalue weighted by Gasteiger charge is 2.23. The molecule has 0 saturated heterocycles. The molecular formula is C14H23N. The van der Waals surface area contributed by atoms with E-state index in [1.54, 1.807) is 0 Å². The van der Waals surface area contributed by atoms with Crippen molar-refractivity contribution in [1.29, 1.82) is 0 Å². The number of nitrogens with one attached hydrogen (secondary N) is 1. The van der Waals surface area contributed by atoms with E-state index in [0.29, 0.717) is 5.92 Å². The molecule has 0 heterocycles. The maximum Gasteiger partial charge on any atom is 0.0403 e. The minimum absolute atomic E-state index is 0.117. The molecule has 0 bridgehead atoms. The second-order valence-electron chi connectivity index (χ2n) is 4.83. The largest absolute Gasteiger partial charge is 0.307 e. The first kappa shape index (κ1) is 12.3. The van der Waals surface area contributed by atoms with Crippen molar-refractivity contribution in [2.24, 2.45) is 5.92 Å². The molecule has 1 heteroatoms. The average molecular weight is 205 g/mol. The highest BCUT2D eigenvalue weighted by atomic mass is 15.0. The van der Waals surface area contributed by atoms with Crippen LogP contribution in [0.5, 0.6) is 0 Å². The molecule has 1 rings (SSSR count). The molecule has 1 N–H and O–H groups in total. The van der Waals surface area contributed by atoms with Gasteiger partial charge in [0.2, 0.25) is 0 Å². The Bertz CT molecular complexity index is 279. The average Bonchev–Trinajstić information content (AvgIpc) is 2.27. The van der Waals surface area contributed by atoms with Crippen LogP contribution in [-0.2, 0) is 5.54 Å². The van der Waals surface area contributed by atoms with E-state index in [0.717, 1.165) is 13.0 Å². The zero-order valence-corrected chi connectivity index (χ0v) is 10.4. The van der Waals surface area contributed by atoms with Crippen molar-refractivity contribution in [2.45, 2.75) is 39.7 Å². The summed E-state index contributed by atoms with van der Waals surface area (Å²) in [6, 6.07) is 10.7. The van der Waals surface area contributed by atoms with E-state index in [1.165, 1.54) is 5.56 Å². The zero-order valence-electron chi connectivity index (χ0n) is 10.4. The Morgan fingerprint density at radius 1 is 1.20 bits per heavy atom. The molecule has 1 atom stereocenters. The summed E-state index contributed by atoms with van der Waals surface area (Å²) < 4.78 is 0. The monoisotopic (exact) mass is 205 g/mol. The lowest BCUT2D eigenvalue weighted by Crippen LogP contribution is -2.40. The van der Waals surface area contributed by atoms with E-state index in [-0.39, 0.29) is 5.54 Å². The Morgan fingerprint density at radius 3 is 2.27 bits per heavy atom. The van der Waals surface area contributed by atoms with Gasteiger partial charge in [-0.25, -0.2) is 0 Å². The van der Waals surface area contributed by atoms with Crippen LogP contribution in [0.15, 0.2) is 30.3 Å². The van der Waals surface area contributed by atoms with Crippen molar-refractivity contribution in [2.75, 3.05) is 6.54 Å². The lowest BCUT2D eigenvalue weighted by atomic mass is 9.89. The van der Waals surface area contributed by atoms with Gasteiger partial charge in [-0.05, 0) is 31.4 Å². The first-order valence-corrected chi connectivity index (χ1v) is 5.89. The molecule has 1 aromatic carbocycles. The molecule has 0 aliphatic carbocycles. The van der Waals surface area contributed by atoms with Gasteiger partial charge in [0, 0.05) is 5.54 Å². The first-order valence-electron chi connectivity index (χ1n) is 5.89. The summed E-state index contributed by atoms with van der Waals surface area (Å²) in [5.74, 6) is 0.694. The van der Waals surface area contributed by atoms with Crippen LogP contribution in [0.4, 0.5) is 0 Å². The molecule has 0 fully saturated rings. The molecule has 0 radical (unpaired) electrons. The summed E-state index contributed by atoms with van der Waals surface area (Å²) in [6.45, 7) is 10.1. The maximum absolute atomic E-state index is 3.66. The number of benzene rings is 1. The predicted molar refractivity (Wildman–Crippen MR) is 66.9 cm³/mol. The van der Waals surface area contributed by atoms with Crippen LogP contribution >= 0.6 is 0 Å². The van der Waals surface area contributed by atoms with Gasteiger partial charge in [0.15, 0.2) is 0 Å². The van der Waals surface area contributed by atoms with Crippen molar-refractivity contribution in [3.63, 3.8) is 0 Å². The molecule has 1 unspecified atom stereocenters. The third kappa shape index (κ3) is 3.35. The Hall–Kier alpha value is -0.820. The predicted octanol–water partition coefficient (Wildman–Crippen LogP) is 3.56. The van der Waals surface area contributed by atoms with Gasteiger partial charge in [-0.2, -0.15) is 0 Å². The fraction of sp³-hybridized carbons (Fsp3) is 0.571. The van der Waals surface area contributed by atoms with Gasteiger partial charge < -0.3 is 5.32 Å². The summed E-state index contributed by atoms with van der Waals surface area (Å²) in [5, 5.41) is 3.66. The SMILES string of the molecule is CCC(C)(NCC(C)C)c1ccccc1. The molecule has 1 nitrogen and oxygen atoms in total. The maximum atomic E-state index is 3.66. The lowest BCUT2D eigenvalue weighted by Gasteiger charge is -2.31. The molecule has 0 spiro atoms. The molecule has 0 aliphatic heterocycles. The van der Waals surface area contributed by atoms with E-state index in [9.17, 15) is 0 Å². The van der Waals surface area contributed by atoms with Gasteiger partial charge in [0.25, 0.3) is 0 Å². The third-order valence-corrected chi connectivity index (χ3v) is 3.02. The van der Waals surface area contributed by atoms with Crippen LogP contribution in [0.1, 0.15) is 39.7 Å². The fourth-order valence-corrected chi connectivity index (χ4v) is 1.67. The van der Waals surface area contributed by atoms with Crippen molar-refractivity contribution in [1.82, 2.24) is 5.32 Å². The minimum atomic E-state index is 0.117. The molecule has 1 aromatic rings. The number of hydrogen-bond acceptors (Lipinski definition) is 1. The van der Waals surface area contributed by atoms with Crippen LogP contribution in [0, 0.1) is 5.92 Å². The molecule has 0 amide bonds. The van der Waals surface area contributed by atoms with Gasteiger partial charge >= 0.3 is 0 Å². The fourth-order valence-electron chi connectivity index (χ4n) is 1.67. The Kier molecular flexibility index (Phi) is 4.34. The van der Waals surface area contributed by atoms with Crippen LogP contribution in [0.25, 0.3) is 0 Å². The molecule has 15 heavy (non-hydrogen) atoms. The Morgan fingerprint density at radius 2 is 1.80 bits per heavy atom. The van der Waals surface area contributed by atoms with E-state index < -0.39 is 0 Å². The van der Waals surface area contributed by atoms with Crippen molar-refractivity contribution < 1.29 is 0 Å². The summed E-state index contributed by atoms with van der Waals surface area (Å²) in [4.78, 5) is 0. The van der Waals surface area contributed by atoms with Crippen LogP contribution < -0.4 is 5.32 Å². The van der Waals surface area contributed by atoms with Crippen LogP contribution in [0.3, 0.4) is 0 Å². The third-order valence-electron chi connectivity index (χ3n) is 3.02. The van der Waals surface area contributed by atoms with Gasteiger partial charge in [0.1, 0.15) is 0 Å². The second-order valence-corrected chi connectivity index (χ2v) is 4.83.